The van der Waals surface area contributed by atoms with Gasteiger partial charge in [-0.1, -0.05) is 19.1 Å². The fourth-order valence-corrected chi connectivity index (χ4v) is 3.44. The Balaban J connectivity index is 2.01. The van der Waals surface area contributed by atoms with Crippen molar-refractivity contribution in [2.45, 2.75) is 45.1 Å². The summed E-state index contributed by atoms with van der Waals surface area (Å²) in [6.45, 7) is 5.25. The molecule has 0 radical (unpaired) electrons. The molecule has 0 saturated carbocycles. The number of rotatable bonds is 4. The Labute approximate surface area is 126 Å². The fraction of sp³-hybridized carbons (Fsp3) is 0.444. The molecular weight excluding hydrogens is 258 g/mol. The van der Waals surface area contributed by atoms with E-state index in [4.69, 9.17) is 4.98 Å². The number of likely N-dealkylation sites (N-methyl/N-ethyl adjacent to an activating group) is 1. The molecule has 2 aromatic rings. The van der Waals surface area contributed by atoms with Crippen molar-refractivity contribution in [2.75, 3.05) is 6.54 Å². The predicted octanol–water partition coefficient (Wildman–Crippen LogP) is 3.56. The average Bonchev–Trinajstić information content (AvgIpc) is 2.53. The molecule has 110 valence electrons. The fourth-order valence-electron chi connectivity index (χ4n) is 3.44. The van der Waals surface area contributed by atoms with E-state index in [2.05, 4.69) is 42.3 Å². The van der Waals surface area contributed by atoms with Crippen LogP contribution in [0.3, 0.4) is 0 Å². The Morgan fingerprint density at radius 3 is 2.86 bits per heavy atom. The lowest BCUT2D eigenvalue weighted by molar-refractivity contribution is 0.392. The molecule has 0 saturated heterocycles. The van der Waals surface area contributed by atoms with Gasteiger partial charge in [-0.05, 0) is 56.0 Å². The highest BCUT2D eigenvalue weighted by atomic mass is 15.0. The molecule has 0 amide bonds. The SMILES string of the molecule is CCNC(c1ncccc1C)C1CCCc2cccnc21. The van der Waals surface area contributed by atoms with E-state index in [-0.39, 0.29) is 6.04 Å². The highest BCUT2D eigenvalue weighted by molar-refractivity contribution is 5.31. The van der Waals surface area contributed by atoms with Crippen molar-refractivity contribution in [1.82, 2.24) is 15.3 Å². The summed E-state index contributed by atoms with van der Waals surface area (Å²) < 4.78 is 0. The lowest BCUT2D eigenvalue weighted by Crippen LogP contribution is -2.31. The van der Waals surface area contributed by atoms with Crippen LogP contribution in [-0.2, 0) is 6.42 Å². The molecule has 3 nitrogen and oxygen atoms in total. The van der Waals surface area contributed by atoms with E-state index >= 15 is 0 Å². The van der Waals surface area contributed by atoms with Crippen molar-refractivity contribution in [3.8, 4) is 0 Å². The summed E-state index contributed by atoms with van der Waals surface area (Å²) in [5.74, 6) is 0.420. The van der Waals surface area contributed by atoms with Crippen LogP contribution in [0.5, 0.6) is 0 Å². The molecule has 0 spiro atoms. The number of hydrogen-bond acceptors (Lipinski definition) is 3. The summed E-state index contributed by atoms with van der Waals surface area (Å²) in [5.41, 5.74) is 5.10. The van der Waals surface area contributed by atoms with Gasteiger partial charge in [0.05, 0.1) is 11.7 Å². The third kappa shape index (κ3) is 2.84. The molecule has 2 aromatic heterocycles. The molecule has 1 N–H and O–H groups in total. The van der Waals surface area contributed by atoms with Crippen LogP contribution in [0.1, 0.15) is 54.2 Å². The molecule has 0 aromatic carbocycles. The van der Waals surface area contributed by atoms with Gasteiger partial charge in [-0.15, -0.1) is 0 Å². The zero-order chi connectivity index (χ0) is 14.7. The smallest absolute Gasteiger partial charge is 0.0609 e. The van der Waals surface area contributed by atoms with Gasteiger partial charge in [-0.25, -0.2) is 0 Å². The van der Waals surface area contributed by atoms with E-state index in [0.717, 1.165) is 13.0 Å². The van der Waals surface area contributed by atoms with Gasteiger partial charge in [0.1, 0.15) is 0 Å². The molecule has 2 unspecified atom stereocenters. The maximum atomic E-state index is 4.69. The third-order valence-corrected chi connectivity index (χ3v) is 4.41. The van der Waals surface area contributed by atoms with Crippen molar-refractivity contribution in [3.63, 3.8) is 0 Å². The Hall–Kier alpha value is -1.74. The molecule has 2 atom stereocenters. The van der Waals surface area contributed by atoms with Crippen LogP contribution in [0.2, 0.25) is 0 Å². The minimum absolute atomic E-state index is 0.255. The molecule has 2 heterocycles. The molecule has 3 heteroatoms. The first-order valence-corrected chi connectivity index (χ1v) is 7.90. The minimum Gasteiger partial charge on any atom is -0.308 e. The summed E-state index contributed by atoms with van der Waals surface area (Å²) in [4.78, 5) is 9.35. The standard InChI is InChI=1S/C18H23N3/c1-3-19-18(16-13(2)7-5-11-20-16)15-10-4-8-14-9-6-12-21-17(14)15/h5-7,9,11-12,15,18-19H,3-4,8,10H2,1-2H3. The van der Waals surface area contributed by atoms with Gasteiger partial charge in [0.2, 0.25) is 0 Å². The monoisotopic (exact) mass is 281 g/mol. The van der Waals surface area contributed by atoms with Crippen LogP contribution in [-0.4, -0.2) is 16.5 Å². The Bertz CT molecular complexity index is 609. The lowest BCUT2D eigenvalue weighted by Gasteiger charge is -2.32. The van der Waals surface area contributed by atoms with Crippen molar-refractivity contribution in [1.29, 1.82) is 0 Å². The second kappa shape index (κ2) is 6.35. The third-order valence-electron chi connectivity index (χ3n) is 4.41. The van der Waals surface area contributed by atoms with E-state index in [0.29, 0.717) is 5.92 Å². The molecule has 0 fully saturated rings. The van der Waals surface area contributed by atoms with E-state index in [9.17, 15) is 0 Å². The summed E-state index contributed by atoms with van der Waals surface area (Å²) in [6, 6.07) is 8.69. The zero-order valence-corrected chi connectivity index (χ0v) is 12.8. The number of nitrogens with zero attached hydrogens (tertiary/aromatic N) is 2. The topological polar surface area (TPSA) is 37.8 Å². The van der Waals surface area contributed by atoms with Crippen LogP contribution in [0, 0.1) is 6.92 Å². The number of nitrogens with one attached hydrogen (secondary N) is 1. The molecule has 1 aliphatic carbocycles. The number of aryl methyl sites for hydroxylation is 2. The van der Waals surface area contributed by atoms with Crippen molar-refractivity contribution in [2.24, 2.45) is 0 Å². The van der Waals surface area contributed by atoms with Crippen LogP contribution in [0.15, 0.2) is 36.7 Å². The molecular formula is C18H23N3. The maximum Gasteiger partial charge on any atom is 0.0609 e. The molecule has 0 aliphatic heterocycles. The quantitative estimate of drug-likeness (QED) is 0.931. The van der Waals surface area contributed by atoms with Crippen molar-refractivity contribution < 1.29 is 0 Å². The normalized spacial score (nSPS) is 19.0. The van der Waals surface area contributed by atoms with Crippen molar-refractivity contribution >= 4 is 0 Å². The Morgan fingerprint density at radius 1 is 1.24 bits per heavy atom. The molecule has 21 heavy (non-hydrogen) atoms. The maximum absolute atomic E-state index is 4.69. The van der Waals surface area contributed by atoms with Crippen LogP contribution in [0.25, 0.3) is 0 Å². The Morgan fingerprint density at radius 2 is 2.05 bits per heavy atom. The summed E-state index contributed by atoms with van der Waals surface area (Å²) in [6.07, 6.45) is 7.38. The predicted molar refractivity (Wildman–Crippen MR) is 85.3 cm³/mol. The number of pyridine rings is 2. The van der Waals surface area contributed by atoms with Gasteiger partial charge in [0.15, 0.2) is 0 Å². The lowest BCUT2D eigenvalue weighted by atomic mass is 9.80. The average molecular weight is 281 g/mol. The van der Waals surface area contributed by atoms with Gasteiger partial charge in [0, 0.05) is 24.0 Å². The highest BCUT2D eigenvalue weighted by Crippen LogP contribution is 2.39. The van der Waals surface area contributed by atoms with Crippen LogP contribution < -0.4 is 5.32 Å². The van der Waals surface area contributed by atoms with Gasteiger partial charge >= 0.3 is 0 Å². The zero-order valence-electron chi connectivity index (χ0n) is 12.8. The van der Waals surface area contributed by atoms with Crippen LogP contribution in [0.4, 0.5) is 0 Å². The summed E-state index contributed by atoms with van der Waals surface area (Å²) in [5, 5.41) is 3.65. The van der Waals surface area contributed by atoms with E-state index < -0.39 is 0 Å². The van der Waals surface area contributed by atoms with E-state index in [1.54, 1.807) is 0 Å². The Kier molecular flexibility index (Phi) is 4.30. The first kappa shape index (κ1) is 14.2. The highest BCUT2D eigenvalue weighted by Gasteiger charge is 2.31. The van der Waals surface area contributed by atoms with Gasteiger partial charge < -0.3 is 5.32 Å². The first-order chi connectivity index (χ1) is 10.3. The minimum atomic E-state index is 0.255. The van der Waals surface area contributed by atoms with Gasteiger partial charge in [0.25, 0.3) is 0 Å². The first-order valence-electron chi connectivity index (χ1n) is 7.90. The second-order valence-corrected chi connectivity index (χ2v) is 5.79. The summed E-state index contributed by atoms with van der Waals surface area (Å²) in [7, 11) is 0. The number of fused-ring (bicyclic) bond motifs is 1. The molecule has 3 rings (SSSR count). The number of hydrogen-bond donors (Lipinski definition) is 1. The second-order valence-electron chi connectivity index (χ2n) is 5.79. The van der Waals surface area contributed by atoms with E-state index in [1.165, 1.54) is 35.4 Å². The number of aromatic nitrogens is 2. The molecule has 1 aliphatic rings. The van der Waals surface area contributed by atoms with Gasteiger partial charge in [-0.3, -0.25) is 9.97 Å². The summed E-state index contributed by atoms with van der Waals surface area (Å²) >= 11 is 0. The van der Waals surface area contributed by atoms with Gasteiger partial charge in [-0.2, -0.15) is 0 Å². The van der Waals surface area contributed by atoms with E-state index in [1.807, 2.05) is 18.5 Å². The molecule has 0 bridgehead atoms. The van der Waals surface area contributed by atoms with Crippen LogP contribution >= 0.6 is 0 Å². The van der Waals surface area contributed by atoms with Crippen molar-refractivity contribution in [3.05, 3.63) is 59.2 Å². The largest absolute Gasteiger partial charge is 0.308 e.